The minimum absolute atomic E-state index is 0.382. The van der Waals surface area contributed by atoms with E-state index in [-0.39, 0.29) is 5.97 Å². The smallest absolute Gasteiger partial charge is 0.330 e. The standard InChI is InChI=1S/C8H9NO3S/c1-11-7(10)4-3-6-5-9-8(12-2)13-6/h3-5H,1-2H3. The van der Waals surface area contributed by atoms with Gasteiger partial charge >= 0.3 is 5.97 Å². The van der Waals surface area contributed by atoms with Crippen molar-refractivity contribution in [2.75, 3.05) is 14.2 Å². The zero-order valence-electron chi connectivity index (χ0n) is 7.31. The third-order valence-corrected chi connectivity index (χ3v) is 2.19. The molecule has 5 heteroatoms. The minimum Gasteiger partial charge on any atom is -0.473 e. The van der Waals surface area contributed by atoms with Crippen LogP contribution in [0.15, 0.2) is 12.3 Å². The van der Waals surface area contributed by atoms with Crippen molar-refractivity contribution in [3.8, 4) is 5.19 Å². The number of ether oxygens (including phenoxy) is 2. The third-order valence-electron chi connectivity index (χ3n) is 1.26. The molecule has 0 aliphatic heterocycles. The van der Waals surface area contributed by atoms with E-state index in [0.29, 0.717) is 5.19 Å². The number of methoxy groups -OCH3 is 2. The average molecular weight is 199 g/mol. The first kappa shape index (κ1) is 9.73. The summed E-state index contributed by atoms with van der Waals surface area (Å²) >= 11 is 1.36. The molecule has 4 nitrogen and oxygen atoms in total. The molecule has 0 saturated heterocycles. The lowest BCUT2D eigenvalue weighted by molar-refractivity contribution is -0.134. The molecule has 0 aliphatic carbocycles. The number of carbonyl (C=O) groups is 1. The number of carbonyl (C=O) groups excluding carboxylic acids is 1. The number of rotatable bonds is 3. The molecule has 0 radical (unpaired) electrons. The van der Waals surface area contributed by atoms with E-state index in [1.54, 1.807) is 19.4 Å². The van der Waals surface area contributed by atoms with E-state index in [1.165, 1.54) is 24.5 Å². The van der Waals surface area contributed by atoms with Crippen LogP contribution < -0.4 is 4.74 Å². The van der Waals surface area contributed by atoms with Gasteiger partial charge in [0.15, 0.2) is 0 Å². The van der Waals surface area contributed by atoms with E-state index in [0.717, 1.165) is 4.88 Å². The Morgan fingerprint density at radius 1 is 1.62 bits per heavy atom. The first-order valence-corrected chi connectivity index (χ1v) is 4.33. The van der Waals surface area contributed by atoms with Crippen LogP contribution in [0.2, 0.25) is 0 Å². The zero-order valence-corrected chi connectivity index (χ0v) is 8.13. The number of hydrogen-bond acceptors (Lipinski definition) is 5. The molecule has 0 spiro atoms. The maximum absolute atomic E-state index is 10.7. The van der Waals surface area contributed by atoms with Crippen molar-refractivity contribution < 1.29 is 14.3 Å². The number of esters is 1. The van der Waals surface area contributed by atoms with Crippen molar-refractivity contribution in [1.29, 1.82) is 0 Å². The lowest BCUT2D eigenvalue weighted by Gasteiger charge is -1.87. The van der Waals surface area contributed by atoms with Crippen molar-refractivity contribution in [3.63, 3.8) is 0 Å². The quantitative estimate of drug-likeness (QED) is 0.544. The summed E-state index contributed by atoms with van der Waals surface area (Å²) in [6.07, 6.45) is 4.60. The van der Waals surface area contributed by atoms with E-state index in [9.17, 15) is 4.79 Å². The van der Waals surface area contributed by atoms with E-state index in [1.807, 2.05) is 0 Å². The van der Waals surface area contributed by atoms with Crippen molar-refractivity contribution >= 4 is 23.4 Å². The largest absolute Gasteiger partial charge is 0.473 e. The number of nitrogens with zero attached hydrogens (tertiary/aromatic N) is 1. The molecule has 13 heavy (non-hydrogen) atoms. The third kappa shape index (κ3) is 2.87. The molecule has 0 bridgehead atoms. The summed E-state index contributed by atoms with van der Waals surface area (Å²) in [6, 6.07) is 0. The van der Waals surface area contributed by atoms with Crippen LogP contribution >= 0.6 is 11.3 Å². The number of thiazole rings is 1. The van der Waals surface area contributed by atoms with Crippen LogP contribution in [0.1, 0.15) is 4.88 Å². The van der Waals surface area contributed by atoms with Gasteiger partial charge in [0.2, 0.25) is 0 Å². The SMILES string of the molecule is COC(=O)C=Cc1cnc(OC)s1. The Kier molecular flexibility index (Phi) is 3.45. The molecule has 0 aromatic carbocycles. The lowest BCUT2D eigenvalue weighted by Crippen LogP contribution is -1.92. The van der Waals surface area contributed by atoms with Gasteiger partial charge in [-0.1, -0.05) is 11.3 Å². The maximum Gasteiger partial charge on any atom is 0.330 e. The molecule has 70 valence electrons. The van der Waals surface area contributed by atoms with E-state index >= 15 is 0 Å². The van der Waals surface area contributed by atoms with Crippen LogP contribution in [0.5, 0.6) is 5.19 Å². The molecule has 1 aromatic rings. The second-order valence-electron chi connectivity index (χ2n) is 2.09. The predicted molar refractivity (Wildman–Crippen MR) is 49.7 cm³/mol. The molecule has 0 fully saturated rings. The van der Waals surface area contributed by atoms with Gasteiger partial charge in [0.25, 0.3) is 5.19 Å². The average Bonchev–Trinajstić information content (AvgIpc) is 2.61. The van der Waals surface area contributed by atoms with E-state index < -0.39 is 0 Å². The predicted octanol–water partition coefficient (Wildman–Crippen LogP) is 1.34. The van der Waals surface area contributed by atoms with Crippen LogP contribution in [0, 0.1) is 0 Å². The summed E-state index contributed by atoms with van der Waals surface area (Å²) in [5.74, 6) is -0.382. The van der Waals surface area contributed by atoms with Gasteiger partial charge in [0, 0.05) is 12.3 Å². The fraction of sp³-hybridized carbons (Fsp3) is 0.250. The second-order valence-corrected chi connectivity index (χ2v) is 3.11. The fourth-order valence-electron chi connectivity index (χ4n) is 0.659. The highest BCUT2D eigenvalue weighted by atomic mass is 32.1. The van der Waals surface area contributed by atoms with Crippen molar-refractivity contribution in [1.82, 2.24) is 4.98 Å². The first-order chi connectivity index (χ1) is 6.26. The highest BCUT2D eigenvalue weighted by Crippen LogP contribution is 2.20. The summed E-state index contributed by atoms with van der Waals surface area (Å²) in [7, 11) is 2.88. The van der Waals surface area contributed by atoms with Gasteiger partial charge in [-0.25, -0.2) is 9.78 Å². The molecule has 0 atom stereocenters. The summed E-state index contributed by atoms with van der Waals surface area (Å²) in [4.78, 5) is 15.5. The van der Waals surface area contributed by atoms with Gasteiger partial charge in [0.05, 0.1) is 19.1 Å². The maximum atomic E-state index is 10.7. The normalized spacial score (nSPS) is 10.3. The molecular weight excluding hydrogens is 190 g/mol. The molecule has 1 rings (SSSR count). The van der Waals surface area contributed by atoms with Gasteiger partial charge in [-0.2, -0.15) is 0 Å². The summed E-state index contributed by atoms with van der Waals surface area (Å²) < 4.78 is 9.32. The van der Waals surface area contributed by atoms with E-state index in [4.69, 9.17) is 4.74 Å². The fourth-order valence-corrected chi connectivity index (χ4v) is 1.29. The second kappa shape index (κ2) is 4.61. The van der Waals surface area contributed by atoms with Crippen molar-refractivity contribution in [2.45, 2.75) is 0 Å². The minimum atomic E-state index is -0.382. The molecule has 0 aliphatic rings. The van der Waals surface area contributed by atoms with Gasteiger partial charge in [-0.3, -0.25) is 0 Å². The van der Waals surface area contributed by atoms with Crippen LogP contribution in [0.3, 0.4) is 0 Å². The Morgan fingerprint density at radius 3 is 2.92 bits per heavy atom. The highest BCUT2D eigenvalue weighted by molar-refractivity contribution is 7.14. The molecule has 0 amide bonds. The van der Waals surface area contributed by atoms with Gasteiger partial charge in [-0.15, -0.1) is 0 Å². The van der Waals surface area contributed by atoms with Crippen LogP contribution in [-0.4, -0.2) is 25.2 Å². The van der Waals surface area contributed by atoms with Gasteiger partial charge in [-0.05, 0) is 6.08 Å². The Balaban J connectivity index is 2.63. The summed E-state index contributed by atoms with van der Waals surface area (Å²) in [5, 5.41) is 0.574. The highest BCUT2D eigenvalue weighted by Gasteiger charge is 1.98. The van der Waals surface area contributed by atoms with Crippen LogP contribution in [-0.2, 0) is 9.53 Å². The lowest BCUT2D eigenvalue weighted by atomic mass is 10.4. The van der Waals surface area contributed by atoms with E-state index in [2.05, 4.69) is 9.72 Å². The molecular formula is C8H9NO3S. The molecule has 1 aromatic heterocycles. The topological polar surface area (TPSA) is 48.4 Å². The Bertz CT molecular complexity index is 319. The van der Waals surface area contributed by atoms with Crippen LogP contribution in [0.4, 0.5) is 0 Å². The monoisotopic (exact) mass is 199 g/mol. The number of aromatic nitrogens is 1. The summed E-state index contributed by atoms with van der Waals surface area (Å²) in [6.45, 7) is 0. The van der Waals surface area contributed by atoms with Gasteiger partial charge < -0.3 is 9.47 Å². The van der Waals surface area contributed by atoms with Crippen molar-refractivity contribution in [2.24, 2.45) is 0 Å². The Morgan fingerprint density at radius 2 is 2.38 bits per heavy atom. The van der Waals surface area contributed by atoms with Crippen LogP contribution in [0.25, 0.3) is 6.08 Å². The summed E-state index contributed by atoms with van der Waals surface area (Å²) in [5.41, 5.74) is 0. The number of hydrogen-bond donors (Lipinski definition) is 0. The molecule has 0 saturated carbocycles. The van der Waals surface area contributed by atoms with Crippen molar-refractivity contribution in [3.05, 3.63) is 17.2 Å². The Hall–Kier alpha value is -1.36. The molecule has 0 N–H and O–H groups in total. The Labute approximate surface area is 79.8 Å². The zero-order chi connectivity index (χ0) is 9.68. The van der Waals surface area contributed by atoms with Gasteiger partial charge in [0.1, 0.15) is 0 Å². The first-order valence-electron chi connectivity index (χ1n) is 3.52. The molecule has 0 unspecified atom stereocenters. The molecule has 1 heterocycles.